The second-order valence-electron chi connectivity index (χ2n) is 10.9. The van der Waals surface area contributed by atoms with Gasteiger partial charge in [-0.2, -0.15) is 0 Å². The van der Waals surface area contributed by atoms with Gasteiger partial charge in [0, 0.05) is 42.4 Å². The fourth-order valence-corrected chi connectivity index (χ4v) is 3.43. The molecule has 0 spiro atoms. The molecule has 1 aromatic heterocycles. The van der Waals surface area contributed by atoms with E-state index in [0.29, 0.717) is 0 Å². The third-order valence-corrected chi connectivity index (χ3v) is 5.44. The quantitative estimate of drug-likeness (QED) is 0.176. The molecule has 1 heterocycles. The van der Waals surface area contributed by atoms with E-state index < -0.39 is 5.41 Å². The average molecular weight is 637 g/mol. The summed E-state index contributed by atoms with van der Waals surface area (Å²) in [4.78, 5) is 16.3. The Morgan fingerprint density at radius 3 is 2.06 bits per heavy atom. The van der Waals surface area contributed by atoms with Crippen LogP contribution in [0.5, 0.6) is 0 Å². The first kappa shape index (κ1) is 29.7. The van der Waals surface area contributed by atoms with Gasteiger partial charge in [0.05, 0.1) is 5.52 Å². The zero-order valence-corrected chi connectivity index (χ0v) is 24.6. The predicted molar refractivity (Wildman–Crippen MR) is 140 cm³/mol. The van der Waals surface area contributed by atoms with Crippen LogP contribution in [0.2, 0.25) is 0 Å². The number of hydrogen-bond acceptors (Lipinski definition) is 3. The maximum atomic E-state index is 11.5. The summed E-state index contributed by atoms with van der Waals surface area (Å²) < 4.78 is 0. The van der Waals surface area contributed by atoms with Gasteiger partial charge in [0.1, 0.15) is 5.76 Å². The predicted octanol–water partition coefficient (Wildman–Crippen LogP) is 8.02. The molecule has 0 aliphatic carbocycles. The maximum Gasteiger partial charge on any atom is 0.164 e. The summed E-state index contributed by atoms with van der Waals surface area (Å²) in [5.41, 5.74) is 7.34. The van der Waals surface area contributed by atoms with E-state index in [9.17, 15) is 9.90 Å². The van der Waals surface area contributed by atoms with Crippen LogP contribution in [0.15, 0.2) is 48.2 Å². The fraction of sp³-hybridized carbons (Fsp3) is 0.400. The first-order valence-corrected chi connectivity index (χ1v) is 11.4. The fourth-order valence-electron chi connectivity index (χ4n) is 3.43. The van der Waals surface area contributed by atoms with Crippen molar-refractivity contribution >= 4 is 16.7 Å². The van der Waals surface area contributed by atoms with E-state index in [1.807, 2.05) is 41.5 Å². The van der Waals surface area contributed by atoms with E-state index in [4.69, 9.17) is 4.98 Å². The van der Waals surface area contributed by atoms with Crippen LogP contribution < -0.4 is 0 Å². The normalized spacial score (nSPS) is 12.0. The average Bonchev–Trinajstić information content (AvgIpc) is 2.66. The Morgan fingerprint density at radius 2 is 1.53 bits per heavy atom. The van der Waals surface area contributed by atoms with Crippen LogP contribution in [0.25, 0.3) is 22.2 Å². The third-order valence-electron chi connectivity index (χ3n) is 5.44. The van der Waals surface area contributed by atoms with Crippen LogP contribution in [-0.2, 0) is 24.9 Å². The number of aliphatic hydroxyl groups excluding tert-OH is 1. The molecule has 185 valence electrons. The summed E-state index contributed by atoms with van der Waals surface area (Å²) in [6, 6.07) is 16.2. The molecular weight excluding hydrogens is 599 g/mol. The zero-order chi connectivity index (χ0) is 25.1. The Morgan fingerprint density at radius 1 is 0.912 bits per heavy atom. The van der Waals surface area contributed by atoms with Crippen molar-refractivity contribution in [3.63, 3.8) is 0 Å². The van der Waals surface area contributed by atoms with Gasteiger partial charge in [0.25, 0.3) is 0 Å². The molecule has 0 aliphatic rings. The molecule has 2 aromatic carbocycles. The number of aryl methyl sites for hydroxylation is 4. The molecule has 3 aromatic rings. The molecule has 0 saturated heterocycles. The van der Waals surface area contributed by atoms with Crippen molar-refractivity contribution in [3.05, 3.63) is 76.6 Å². The molecule has 34 heavy (non-hydrogen) atoms. The molecular formula is C30H38IrNO2-. The van der Waals surface area contributed by atoms with Crippen LogP contribution in [0.1, 0.15) is 63.8 Å². The number of carbonyl (C=O) groups is 1. The number of nitrogens with zero attached hydrogens (tertiary/aromatic N) is 1. The summed E-state index contributed by atoms with van der Waals surface area (Å²) in [7, 11) is 0. The van der Waals surface area contributed by atoms with Gasteiger partial charge in [-0.25, -0.2) is 0 Å². The number of aliphatic hydroxyl groups is 1. The molecule has 0 unspecified atom stereocenters. The zero-order valence-electron chi connectivity index (χ0n) is 22.2. The molecule has 4 heteroatoms. The van der Waals surface area contributed by atoms with E-state index in [1.54, 1.807) is 0 Å². The van der Waals surface area contributed by atoms with Crippen LogP contribution >= 0.6 is 0 Å². The van der Waals surface area contributed by atoms with Crippen molar-refractivity contribution in [2.75, 3.05) is 0 Å². The first-order valence-electron chi connectivity index (χ1n) is 11.4. The van der Waals surface area contributed by atoms with Crippen molar-refractivity contribution in [1.29, 1.82) is 0 Å². The van der Waals surface area contributed by atoms with Gasteiger partial charge in [-0.1, -0.05) is 73.6 Å². The molecule has 0 atom stereocenters. The van der Waals surface area contributed by atoms with Crippen LogP contribution in [0.4, 0.5) is 0 Å². The summed E-state index contributed by atoms with van der Waals surface area (Å²) in [5.74, 6) is 0.104. The van der Waals surface area contributed by atoms with Gasteiger partial charge < -0.3 is 5.11 Å². The number of allylic oxidation sites excluding steroid dienone is 2. The number of aromatic nitrogens is 1. The van der Waals surface area contributed by atoms with E-state index in [2.05, 4.69) is 70.2 Å². The summed E-state index contributed by atoms with van der Waals surface area (Å²) >= 11 is 0. The van der Waals surface area contributed by atoms with Gasteiger partial charge in [0.2, 0.25) is 0 Å². The summed E-state index contributed by atoms with van der Waals surface area (Å²) in [6.45, 7) is 19.6. The number of carbonyl (C=O) groups excluding carboxylic acids is 1. The SMILES string of the molecule is CC(C)(C)C(=O)/C=C(\O)C(C)(C)C.Cc1[c-]c(-c2cc(C)c3c(C)cccc3n2)cc(C)c1.[Ir]. The van der Waals surface area contributed by atoms with E-state index in [0.717, 1.165) is 22.3 Å². The monoisotopic (exact) mass is 637 g/mol. The third kappa shape index (κ3) is 7.89. The smallest absolute Gasteiger partial charge is 0.164 e. The molecule has 0 amide bonds. The Bertz CT molecular complexity index is 1170. The number of rotatable bonds is 2. The topological polar surface area (TPSA) is 50.2 Å². The van der Waals surface area contributed by atoms with Crippen molar-refractivity contribution < 1.29 is 30.0 Å². The number of pyridine rings is 1. The Kier molecular flexibility index (Phi) is 9.99. The molecule has 1 radical (unpaired) electrons. The van der Waals surface area contributed by atoms with Crippen molar-refractivity contribution in [1.82, 2.24) is 4.98 Å². The van der Waals surface area contributed by atoms with Gasteiger partial charge in [0.15, 0.2) is 5.78 Å². The molecule has 3 rings (SSSR count). The largest absolute Gasteiger partial charge is 0.512 e. The minimum atomic E-state index is -0.417. The van der Waals surface area contributed by atoms with Crippen molar-refractivity contribution in [2.45, 2.75) is 69.2 Å². The van der Waals surface area contributed by atoms with Crippen LogP contribution in [-0.4, -0.2) is 15.9 Å². The Balaban J connectivity index is 0.000000364. The first-order chi connectivity index (χ1) is 15.1. The maximum absolute atomic E-state index is 11.5. The van der Waals surface area contributed by atoms with Gasteiger partial charge in [-0.3, -0.25) is 9.78 Å². The number of benzene rings is 2. The van der Waals surface area contributed by atoms with Crippen molar-refractivity contribution in [2.24, 2.45) is 10.8 Å². The number of ketones is 1. The van der Waals surface area contributed by atoms with E-state index in [-0.39, 0.29) is 37.1 Å². The second kappa shape index (κ2) is 11.4. The Hall–Kier alpha value is -2.29. The van der Waals surface area contributed by atoms with Gasteiger partial charge in [-0.15, -0.1) is 34.9 Å². The molecule has 0 bridgehead atoms. The van der Waals surface area contributed by atoms with E-state index in [1.165, 1.54) is 28.2 Å². The second-order valence-corrected chi connectivity index (χ2v) is 10.9. The minimum absolute atomic E-state index is 0. The van der Waals surface area contributed by atoms with E-state index >= 15 is 0 Å². The molecule has 0 aliphatic heterocycles. The minimum Gasteiger partial charge on any atom is -0.512 e. The van der Waals surface area contributed by atoms with Gasteiger partial charge >= 0.3 is 0 Å². The number of fused-ring (bicyclic) bond motifs is 1. The van der Waals surface area contributed by atoms with Crippen LogP contribution in [0.3, 0.4) is 0 Å². The van der Waals surface area contributed by atoms with Crippen molar-refractivity contribution in [3.8, 4) is 11.3 Å². The number of hydrogen-bond donors (Lipinski definition) is 1. The molecule has 3 nitrogen and oxygen atoms in total. The standard InChI is InChI=1S/C19H18N.C11H20O2.Ir/c1-12-8-13(2)10-16(9-12)18-11-15(4)19-14(3)6-5-7-17(19)20-18;1-10(2,3)8(12)7-9(13)11(4,5)6;/h5-9,11H,1-4H3;7,12H,1-6H3;/q-1;;/b;8-7-;. The molecule has 0 saturated carbocycles. The van der Waals surface area contributed by atoms with Crippen LogP contribution in [0, 0.1) is 44.6 Å². The molecule has 1 N–H and O–H groups in total. The Labute approximate surface area is 219 Å². The van der Waals surface area contributed by atoms with Gasteiger partial charge in [-0.05, 0) is 36.7 Å². The summed E-state index contributed by atoms with van der Waals surface area (Å²) in [6.07, 6.45) is 1.33. The molecule has 0 fully saturated rings. The summed E-state index contributed by atoms with van der Waals surface area (Å²) in [5, 5.41) is 10.8.